The molecule has 1 amide bonds. The fourth-order valence-electron chi connectivity index (χ4n) is 15.1. The lowest BCUT2D eigenvalue weighted by molar-refractivity contribution is 0.0926. The third-order valence-corrected chi connectivity index (χ3v) is 20.7. The molecule has 524 valence electrons. The Kier molecular flexibility index (Phi) is 20.4. The maximum atomic E-state index is 13.5. The Morgan fingerprint density at radius 2 is 1.01 bits per heavy atom. The lowest BCUT2D eigenvalue weighted by Gasteiger charge is -2.36. The van der Waals surface area contributed by atoms with Gasteiger partial charge in [0.2, 0.25) is 6.79 Å². The molecule has 18 rings (SSSR count). The summed E-state index contributed by atoms with van der Waals surface area (Å²) in [6.07, 6.45) is 2.42. The van der Waals surface area contributed by atoms with E-state index in [1.54, 1.807) is 36.9 Å². The topological polar surface area (TPSA) is 174 Å². The van der Waals surface area contributed by atoms with E-state index in [0.29, 0.717) is 34.3 Å². The third kappa shape index (κ3) is 14.6. The van der Waals surface area contributed by atoms with Gasteiger partial charge in [-0.3, -0.25) is 9.80 Å². The van der Waals surface area contributed by atoms with Crippen molar-refractivity contribution in [2.75, 3.05) is 46.2 Å². The number of halogens is 6. The summed E-state index contributed by atoms with van der Waals surface area (Å²) in [5, 5.41) is 13.7. The Labute approximate surface area is 616 Å². The number of ether oxygens (including phenoxy) is 5. The number of carbonyl (C=O) groups is 2. The molecule has 9 aromatic carbocycles. The number of amides is 1. The largest absolute Gasteiger partial charge is 0.513 e. The summed E-state index contributed by atoms with van der Waals surface area (Å²) >= 11 is 22.2. The van der Waals surface area contributed by atoms with Crippen molar-refractivity contribution in [2.45, 2.75) is 70.2 Å². The number of H-pyrrole nitrogens is 4. The van der Waals surface area contributed by atoms with Crippen LogP contribution < -0.4 is 24.8 Å². The van der Waals surface area contributed by atoms with E-state index in [2.05, 4.69) is 155 Å². The minimum absolute atomic E-state index is 0.106. The molecule has 4 aromatic heterocycles. The molecule has 4 atom stereocenters. The minimum atomic E-state index is -0.772. The minimum Gasteiger partial charge on any atom is -0.454 e. The zero-order valence-electron chi connectivity index (χ0n) is 56.3. The van der Waals surface area contributed by atoms with E-state index in [0.717, 1.165) is 128 Å². The van der Waals surface area contributed by atoms with Crippen LogP contribution in [0.2, 0.25) is 15.1 Å². The van der Waals surface area contributed by atoms with E-state index in [-0.39, 0.29) is 38.1 Å². The number of hydrogen-bond acceptors (Lipinski definition) is 10. The van der Waals surface area contributed by atoms with Crippen LogP contribution in [0, 0.1) is 11.6 Å². The van der Waals surface area contributed by atoms with Gasteiger partial charge in [0, 0.05) is 125 Å². The Morgan fingerprint density at radius 1 is 0.495 bits per heavy atom. The van der Waals surface area contributed by atoms with Gasteiger partial charge in [0.15, 0.2) is 11.5 Å². The second-order valence-electron chi connectivity index (χ2n) is 25.8. The molecule has 0 spiro atoms. The van der Waals surface area contributed by atoms with E-state index < -0.39 is 29.9 Å². The van der Waals surface area contributed by atoms with Crippen molar-refractivity contribution in [3.05, 3.63) is 298 Å². The highest BCUT2D eigenvalue weighted by Gasteiger charge is 2.37. The smallest absolute Gasteiger partial charge is 0.454 e. The zero-order valence-corrected chi connectivity index (χ0v) is 60.1. The average molecular weight is 1510 g/mol. The van der Waals surface area contributed by atoms with Crippen molar-refractivity contribution in [2.24, 2.45) is 0 Å². The summed E-state index contributed by atoms with van der Waals surface area (Å²) in [5.41, 5.74) is 19.0. The maximum absolute atomic E-state index is 13.5. The number of rotatable bonds is 9. The fourth-order valence-corrected chi connectivity index (χ4v) is 16.0. The van der Waals surface area contributed by atoms with Crippen LogP contribution in [0.3, 0.4) is 0 Å². The van der Waals surface area contributed by atoms with E-state index in [4.69, 9.17) is 58.5 Å². The molecule has 0 fully saturated rings. The molecule has 103 heavy (non-hydrogen) atoms. The first-order valence-corrected chi connectivity index (χ1v) is 36.4. The SMILES string of the molecule is Brc1ccc2[nH]c3c(c2c1)CCNC3c1ccccc1.CCOC(=O)Oc1cccc(C2c3[nH]c4ccc(Cl)cc4c3CCN2C(=O)OCC)c1.Clc1ccc2[nH]c3c(c2c1)CCN(Cc1ccccc1)C3c1ccc2c(c1)OCO2.Fc1cc(F)cc(C2NCCc3c2[nH]c2ccc(Cl)cc32)c1. The first-order chi connectivity index (χ1) is 50.2. The van der Waals surface area contributed by atoms with Crippen molar-refractivity contribution in [1.29, 1.82) is 0 Å². The van der Waals surface area contributed by atoms with Crippen LogP contribution >= 0.6 is 50.7 Å². The molecule has 4 unspecified atom stereocenters. The number of nitrogens with zero attached hydrogens (tertiary/aromatic N) is 2. The molecule has 5 aliphatic heterocycles. The van der Waals surface area contributed by atoms with Gasteiger partial charge in [-0.1, -0.05) is 130 Å². The van der Waals surface area contributed by atoms with Crippen molar-refractivity contribution in [3.63, 3.8) is 0 Å². The van der Waals surface area contributed by atoms with Crippen LogP contribution in [0.15, 0.2) is 199 Å². The molecule has 0 radical (unpaired) electrons. The molecule has 13 aromatic rings. The Hall–Kier alpha value is -9.63. The lowest BCUT2D eigenvalue weighted by Crippen LogP contribution is -2.41. The summed E-state index contributed by atoms with van der Waals surface area (Å²) < 4.78 is 54.8. The van der Waals surface area contributed by atoms with Gasteiger partial charge in [-0.05, 0) is 199 Å². The van der Waals surface area contributed by atoms with Gasteiger partial charge in [0.25, 0.3) is 0 Å². The number of carbonyl (C=O) groups excluding carboxylic acids is 2. The molecule has 15 nitrogen and oxygen atoms in total. The molecule has 21 heteroatoms. The lowest BCUT2D eigenvalue weighted by atomic mass is 9.91. The molecule has 0 saturated heterocycles. The summed E-state index contributed by atoms with van der Waals surface area (Å²) in [4.78, 5) is 42.9. The van der Waals surface area contributed by atoms with Crippen LogP contribution in [-0.4, -0.2) is 88.2 Å². The van der Waals surface area contributed by atoms with Crippen LogP contribution in [0.1, 0.15) is 111 Å². The molecule has 0 aliphatic carbocycles. The van der Waals surface area contributed by atoms with Gasteiger partial charge in [0.05, 0.1) is 31.3 Å². The summed E-state index contributed by atoms with van der Waals surface area (Å²) in [7, 11) is 0. The highest BCUT2D eigenvalue weighted by Crippen LogP contribution is 2.45. The number of aromatic nitrogens is 4. The predicted octanol–water partition coefficient (Wildman–Crippen LogP) is 19.7. The molecule has 0 bridgehead atoms. The van der Waals surface area contributed by atoms with Crippen molar-refractivity contribution in [3.8, 4) is 17.2 Å². The van der Waals surface area contributed by atoms with Crippen LogP contribution in [0.5, 0.6) is 17.2 Å². The number of fused-ring (bicyclic) bond motifs is 13. The highest BCUT2D eigenvalue weighted by atomic mass is 79.9. The van der Waals surface area contributed by atoms with Gasteiger partial charge in [-0.2, -0.15) is 0 Å². The quantitative estimate of drug-likeness (QED) is 0.0603. The second-order valence-corrected chi connectivity index (χ2v) is 28.1. The predicted molar refractivity (Wildman–Crippen MR) is 404 cm³/mol. The first-order valence-electron chi connectivity index (χ1n) is 34.5. The number of hydrogen-bond donors (Lipinski definition) is 6. The van der Waals surface area contributed by atoms with Gasteiger partial charge in [-0.25, -0.2) is 18.4 Å². The number of aromatic amines is 4. The molecule has 6 N–H and O–H groups in total. The molecule has 5 aliphatic rings. The molecular weight excluding hydrogens is 1430 g/mol. The molecule has 0 saturated carbocycles. The summed E-state index contributed by atoms with van der Waals surface area (Å²) in [5.74, 6) is 0.837. The normalized spacial score (nSPS) is 17.2. The Balaban J connectivity index is 0.000000112. The van der Waals surface area contributed by atoms with Crippen molar-refractivity contribution in [1.82, 2.24) is 40.4 Å². The summed E-state index contributed by atoms with van der Waals surface area (Å²) in [6, 6.07) is 62.0. The first kappa shape index (κ1) is 69.1. The number of benzene rings is 9. The van der Waals surface area contributed by atoms with Gasteiger partial charge < -0.3 is 54.3 Å². The monoisotopic (exact) mass is 1500 g/mol. The summed E-state index contributed by atoms with van der Waals surface area (Å²) in [6.45, 7) is 8.38. The van der Waals surface area contributed by atoms with Gasteiger partial charge >= 0.3 is 12.2 Å². The van der Waals surface area contributed by atoms with Crippen molar-refractivity contribution < 1.29 is 42.1 Å². The van der Waals surface area contributed by atoms with Crippen LogP contribution in [0.4, 0.5) is 18.4 Å². The van der Waals surface area contributed by atoms with Gasteiger partial charge in [0.1, 0.15) is 23.4 Å². The Morgan fingerprint density at radius 3 is 1.62 bits per heavy atom. The van der Waals surface area contributed by atoms with Crippen LogP contribution in [-0.2, 0) is 41.7 Å². The highest BCUT2D eigenvalue weighted by molar-refractivity contribution is 9.10. The third-order valence-electron chi connectivity index (χ3n) is 19.5. The Bertz CT molecular complexity index is 5280. The second kappa shape index (κ2) is 30.4. The van der Waals surface area contributed by atoms with Gasteiger partial charge in [-0.15, -0.1) is 0 Å². The zero-order chi connectivity index (χ0) is 70.8. The molecular formula is C82H72BrCl3F2N8O7. The van der Waals surface area contributed by atoms with E-state index in [1.165, 1.54) is 67.6 Å². The number of nitrogens with one attached hydrogen (secondary N) is 6. The fraction of sp³-hybridized carbons (Fsp3) is 0.220. The van der Waals surface area contributed by atoms with Crippen LogP contribution in [0.25, 0.3) is 43.6 Å². The van der Waals surface area contributed by atoms with E-state index in [9.17, 15) is 18.4 Å². The average Bonchev–Trinajstić information content (AvgIpc) is 1.64. The molecule has 9 heterocycles. The maximum Gasteiger partial charge on any atom is 0.513 e. The van der Waals surface area contributed by atoms with E-state index in [1.807, 2.05) is 54.6 Å². The van der Waals surface area contributed by atoms with E-state index >= 15 is 0 Å². The standard InChI is InChI=1S/C25H21ClN2O2.C23H23ClN2O5.C17H15BrN2.C17H13ClF2N2/c26-18-7-8-21-20(13-18)19-10-11-28(14-16-4-2-1-3-5-16)25(24(19)27-21)17-6-9-22-23(12-17)30-15-29-22;1-3-29-22(27)26-11-10-17-18-13-15(24)8-9-19(18)25-20(17)21(26)14-6-5-7-16(12-14)31-23(28)30-4-2;18-12-6-7-15-14(10-12)13-8-9-19-16(17(13)20-15)11-4-2-1-3-5-11;18-10-1-2-15-14(7-10)13-3-4-21-16(17(13)22-15)9-5-11(19)8-12(20)6-9/h1-9,12-13,25,27H,10-11,14-15H2;5-9,12-13,21,25H,3-4,10-11H2,1-2H3;1-7,10,16,19-20H,8-9H2;1-2,5-8,16,21-22H,3-4H2. The van der Waals surface area contributed by atoms with Crippen molar-refractivity contribution >= 4 is 107 Å².